The predicted molar refractivity (Wildman–Crippen MR) is 72.9 cm³/mol. The van der Waals surface area contributed by atoms with Crippen molar-refractivity contribution in [3.8, 4) is 0 Å². The highest BCUT2D eigenvalue weighted by Crippen LogP contribution is 2.10. The lowest BCUT2D eigenvalue weighted by Gasteiger charge is -2.04. The van der Waals surface area contributed by atoms with E-state index in [2.05, 4.69) is 5.32 Å². The fourth-order valence-electron chi connectivity index (χ4n) is 1.75. The minimum Gasteiger partial charge on any atom is -0.356 e. The molecular formula is C14H15ClN2O. The van der Waals surface area contributed by atoms with Crippen molar-refractivity contribution in [3.63, 3.8) is 0 Å². The fraction of sp³-hybridized carbons (Fsp3) is 0.214. The lowest BCUT2D eigenvalue weighted by molar-refractivity contribution is 0.0954. The largest absolute Gasteiger partial charge is 0.356 e. The molecule has 0 bridgehead atoms. The molecule has 0 aliphatic rings. The van der Waals surface area contributed by atoms with Crippen molar-refractivity contribution < 1.29 is 4.79 Å². The predicted octanol–water partition coefficient (Wildman–Crippen LogP) is 2.65. The molecule has 2 aromatic rings. The zero-order valence-corrected chi connectivity index (χ0v) is 10.9. The Labute approximate surface area is 111 Å². The van der Waals surface area contributed by atoms with Crippen LogP contribution in [0.3, 0.4) is 0 Å². The second-order valence-corrected chi connectivity index (χ2v) is 4.64. The van der Waals surface area contributed by atoms with Crippen LogP contribution in [-0.2, 0) is 13.5 Å². The van der Waals surface area contributed by atoms with Crippen molar-refractivity contribution in [2.75, 3.05) is 6.54 Å². The Morgan fingerprint density at radius 1 is 1.39 bits per heavy atom. The third-order valence-corrected chi connectivity index (χ3v) is 2.92. The van der Waals surface area contributed by atoms with E-state index in [1.54, 1.807) is 12.3 Å². The number of rotatable bonds is 4. The Bertz CT molecular complexity index is 548. The number of carbonyl (C=O) groups is 1. The number of hydrogen-bond donors (Lipinski definition) is 1. The molecule has 0 spiro atoms. The Hall–Kier alpha value is -1.74. The summed E-state index contributed by atoms with van der Waals surface area (Å²) in [4.78, 5) is 11.8. The van der Waals surface area contributed by atoms with E-state index in [4.69, 9.17) is 11.6 Å². The smallest absolute Gasteiger partial charge is 0.252 e. The van der Waals surface area contributed by atoms with Crippen LogP contribution < -0.4 is 5.32 Å². The molecular weight excluding hydrogens is 248 g/mol. The normalized spacial score (nSPS) is 10.3. The van der Waals surface area contributed by atoms with E-state index in [1.165, 1.54) is 0 Å². The van der Waals surface area contributed by atoms with E-state index in [0.29, 0.717) is 12.1 Å². The second kappa shape index (κ2) is 5.74. The molecule has 1 aromatic carbocycles. The lowest BCUT2D eigenvalue weighted by Crippen LogP contribution is -2.25. The second-order valence-electron chi connectivity index (χ2n) is 4.20. The van der Waals surface area contributed by atoms with Gasteiger partial charge in [0, 0.05) is 31.0 Å². The zero-order valence-electron chi connectivity index (χ0n) is 10.2. The summed E-state index contributed by atoms with van der Waals surface area (Å²) in [6, 6.07) is 9.47. The molecule has 1 N–H and O–H groups in total. The summed E-state index contributed by atoms with van der Waals surface area (Å²) in [5.74, 6) is -0.0439. The van der Waals surface area contributed by atoms with Gasteiger partial charge in [-0.25, -0.2) is 0 Å². The van der Waals surface area contributed by atoms with Crippen molar-refractivity contribution >= 4 is 17.5 Å². The van der Waals surface area contributed by atoms with E-state index in [9.17, 15) is 4.79 Å². The number of amides is 1. The maximum atomic E-state index is 11.8. The van der Waals surface area contributed by atoms with Crippen molar-refractivity contribution in [2.45, 2.75) is 6.42 Å². The summed E-state index contributed by atoms with van der Waals surface area (Å²) >= 11 is 5.89. The maximum absolute atomic E-state index is 11.8. The van der Waals surface area contributed by atoms with Gasteiger partial charge >= 0.3 is 0 Å². The molecule has 0 saturated carbocycles. The summed E-state index contributed by atoms with van der Waals surface area (Å²) in [5.41, 5.74) is 1.81. The van der Waals surface area contributed by atoms with Gasteiger partial charge in [-0.3, -0.25) is 4.79 Å². The number of aromatic nitrogens is 1. The first-order valence-corrected chi connectivity index (χ1v) is 6.17. The van der Waals surface area contributed by atoms with Crippen LogP contribution in [0.1, 0.15) is 15.9 Å². The number of carbonyl (C=O) groups excluding carboxylic acids is 1. The van der Waals surface area contributed by atoms with Crippen LogP contribution in [0.2, 0.25) is 5.02 Å². The standard InChI is InChI=1S/C14H15ClN2O/c1-17-8-6-12(10-17)14(18)16-7-5-11-3-2-4-13(15)9-11/h2-4,6,8-10H,5,7H2,1H3,(H,16,18). The molecule has 0 saturated heterocycles. The molecule has 0 aliphatic heterocycles. The van der Waals surface area contributed by atoms with E-state index >= 15 is 0 Å². The van der Waals surface area contributed by atoms with Gasteiger partial charge in [-0.2, -0.15) is 0 Å². The number of hydrogen-bond acceptors (Lipinski definition) is 1. The Kier molecular flexibility index (Phi) is 4.05. The van der Waals surface area contributed by atoms with Gasteiger partial charge in [0.2, 0.25) is 0 Å². The van der Waals surface area contributed by atoms with Crippen molar-refractivity contribution in [2.24, 2.45) is 7.05 Å². The van der Waals surface area contributed by atoms with Crippen molar-refractivity contribution in [1.82, 2.24) is 9.88 Å². The third kappa shape index (κ3) is 3.37. The molecule has 0 atom stereocenters. The van der Waals surface area contributed by atoms with E-state index < -0.39 is 0 Å². The lowest BCUT2D eigenvalue weighted by atomic mass is 10.1. The van der Waals surface area contributed by atoms with Crippen LogP contribution >= 0.6 is 11.6 Å². The van der Waals surface area contributed by atoms with Gasteiger partial charge in [0.05, 0.1) is 5.56 Å². The fourth-order valence-corrected chi connectivity index (χ4v) is 1.97. The topological polar surface area (TPSA) is 34.0 Å². The molecule has 0 unspecified atom stereocenters. The quantitative estimate of drug-likeness (QED) is 0.903. The summed E-state index contributed by atoms with van der Waals surface area (Å²) in [6.45, 7) is 0.605. The zero-order chi connectivity index (χ0) is 13.0. The molecule has 94 valence electrons. The summed E-state index contributed by atoms with van der Waals surface area (Å²) in [7, 11) is 1.89. The molecule has 0 aliphatic carbocycles. The Morgan fingerprint density at radius 2 is 2.22 bits per heavy atom. The Balaban J connectivity index is 1.84. The van der Waals surface area contributed by atoms with Gasteiger partial charge in [-0.05, 0) is 30.2 Å². The summed E-state index contributed by atoms with van der Waals surface area (Å²) < 4.78 is 1.85. The van der Waals surface area contributed by atoms with Crippen molar-refractivity contribution in [1.29, 1.82) is 0 Å². The van der Waals surface area contributed by atoms with Crippen LogP contribution in [0.5, 0.6) is 0 Å². The van der Waals surface area contributed by atoms with Gasteiger partial charge in [-0.1, -0.05) is 23.7 Å². The molecule has 18 heavy (non-hydrogen) atoms. The van der Waals surface area contributed by atoms with Crippen LogP contribution in [-0.4, -0.2) is 17.0 Å². The van der Waals surface area contributed by atoms with E-state index in [1.807, 2.05) is 42.1 Å². The molecule has 3 nitrogen and oxygen atoms in total. The van der Waals surface area contributed by atoms with Gasteiger partial charge in [-0.15, -0.1) is 0 Å². The summed E-state index contributed by atoms with van der Waals surface area (Å²) in [5, 5.41) is 3.61. The molecule has 1 heterocycles. The molecule has 1 aromatic heterocycles. The molecule has 0 fully saturated rings. The average molecular weight is 263 g/mol. The number of nitrogens with zero attached hydrogens (tertiary/aromatic N) is 1. The first-order chi connectivity index (χ1) is 8.65. The third-order valence-electron chi connectivity index (χ3n) is 2.68. The minimum atomic E-state index is -0.0439. The van der Waals surface area contributed by atoms with Gasteiger partial charge in [0.25, 0.3) is 5.91 Å². The number of nitrogens with one attached hydrogen (secondary N) is 1. The number of aryl methyl sites for hydroxylation is 1. The van der Waals surface area contributed by atoms with E-state index in [0.717, 1.165) is 17.0 Å². The number of halogens is 1. The SMILES string of the molecule is Cn1ccc(C(=O)NCCc2cccc(Cl)c2)c1. The highest BCUT2D eigenvalue weighted by atomic mass is 35.5. The average Bonchev–Trinajstić information content (AvgIpc) is 2.76. The molecule has 2 rings (SSSR count). The van der Waals surface area contributed by atoms with Gasteiger partial charge in [0.15, 0.2) is 0 Å². The highest BCUT2D eigenvalue weighted by molar-refractivity contribution is 6.30. The molecule has 1 amide bonds. The summed E-state index contributed by atoms with van der Waals surface area (Å²) in [6.07, 6.45) is 4.43. The molecule has 4 heteroatoms. The van der Waals surface area contributed by atoms with Gasteiger partial charge in [0.1, 0.15) is 0 Å². The first-order valence-electron chi connectivity index (χ1n) is 5.80. The van der Waals surface area contributed by atoms with E-state index in [-0.39, 0.29) is 5.91 Å². The monoisotopic (exact) mass is 262 g/mol. The highest BCUT2D eigenvalue weighted by Gasteiger charge is 2.05. The van der Waals surface area contributed by atoms with Crippen molar-refractivity contribution in [3.05, 3.63) is 58.9 Å². The molecule has 0 radical (unpaired) electrons. The van der Waals surface area contributed by atoms with Crippen LogP contribution in [0.25, 0.3) is 0 Å². The van der Waals surface area contributed by atoms with Crippen LogP contribution in [0.4, 0.5) is 0 Å². The number of benzene rings is 1. The van der Waals surface area contributed by atoms with Crippen LogP contribution in [0.15, 0.2) is 42.7 Å². The Morgan fingerprint density at radius 3 is 2.89 bits per heavy atom. The minimum absolute atomic E-state index is 0.0439. The first kappa shape index (κ1) is 12.7. The van der Waals surface area contributed by atoms with Gasteiger partial charge < -0.3 is 9.88 Å². The maximum Gasteiger partial charge on any atom is 0.252 e. The van der Waals surface area contributed by atoms with Crippen LogP contribution in [0, 0.1) is 0 Å².